The van der Waals surface area contributed by atoms with Crippen molar-refractivity contribution in [2.75, 3.05) is 0 Å². The van der Waals surface area contributed by atoms with Crippen LogP contribution in [-0.4, -0.2) is 16.1 Å². The van der Waals surface area contributed by atoms with E-state index in [1.165, 1.54) is 6.20 Å². The number of aromatic nitrogens is 1. The van der Waals surface area contributed by atoms with Gasteiger partial charge in [0.15, 0.2) is 0 Å². The zero-order chi connectivity index (χ0) is 10.4. The molecule has 1 heterocycles. The van der Waals surface area contributed by atoms with Crippen molar-refractivity contribution in [2.45, 2.75) is 13.5 Å². The second-order valence-corrected chi connectivity index (χ2v) is 2.88. The first-order valence-corrected chi connectivity index (χ1v) is 4.23. The Morgan fingerprint density at radius 3 is 3.14 bits per heavy atom. The molecule has 4 nitrogen and oxygen atoms in total. The summed E-state index contributed by atoms with van der Waals surface area (Å²) >= 11 is 0. The monoisotopic (exact) mass is 192 g/mol. The predicted octanol–water partition coefficient (Wildman–Crippen LogP) is 1.08. The maximum atomic E-state index is 10.1. The van der Waals surface area contributed by atoms with Crippen molar-refractivity contribution in [1.82, 2.24) is 10.3 Å². The second-order valence-electron chi connectivity index (χ2n) is 2.88. The third kappa shape index (κ3) is 3.71. The van der Waals surface area contributed by atoms with Gasteiger partial charge in [0.2, 0.25) is 0 Å². The minimum Gasteiger partial charge on any atom is -0.478 e. The molecule has 2 N–H and O–H groups in total. The number of pyridine rings is 1. The normalized spacial score (nSPS) is 10.4. The average molecular weight is 192 g/mol. The van der Waals surface area contributed by atoms with Crippen LogP contribution in [0.15, 0.2) is 30.6 Å². The van der Waals surface area contributed by atoms with E-state index in [2.05, 4.69) is 10.3 Å². The predicted molar refractivity (Wildman–Crippen MR) is 52.6 cm³/mol. The van der Waals surface area contributed by atoms with E-state index in [9.17, 15) is 4.79 Å². The Morgan fingerprint density at radius 1 is 1.71 bits per heavy atom. The Kier molecular flexibility index (Phi) is 3.67. The van der Waals surface area contributed by atoms with Gasteiger partial charge < -0.3 is 10.4 Å². The largest absolute Gasteiger partial charge is 0.478 e. The van der Waals surface area contributed by atoms with Crippen LogP contribution in [0.5, 0.6) is 0 Å². The first kappa shape index (κ1) is 10.2. The van der Waals surface area contributed by atoms with E-state index in [4.69, 9.17) is 5.11 Å². The molecule has 0 atom stereocenters. The minimum absolute atomic E-state index is 0.533. The third-order valence-corrected chi connectivity index (χ3v) is 1.60. The molecule has 0 saturated carbocycles. The van der Waals surface area contributed by atoms with Crippen LogP contribution < -0.4 is 5.32 Å². The molecule has 0 aliphatic carbocycles. The number of nitrogens with one attached hydrogen (secondary N) is 1. The smallest absolute Gasteiger partial charge is 0.329 e. The molecule has 1 aromatic rings. The lowest BCUT2D eigenvalue weighted by Crippen LogP contribution is -2.07. The fourth-order valence-corrected chi connectivity index (χ4v) is 0.989. The maximum Gasteiger partial charge on any atom is 0.329 e. The van der Waals surface area contributed by atoms with Gasteiger partial charge >= 0.3 is 5.97 Å². The van der Waals surface area contributed by atoms with Crippen molar-refractivity contribution >= 4 is 5.97 Å². The summed E-state index contributed by atoms with van der Waals surface area (Å²) in [5, 5.41) is 11.1. The summed E-state index contributed by atoms with van der Waals surface area (Å²) in [5.41, 5.74) is 2.03. The number of carbonyl (C=O) groups is 1. The van der Waals surface area contributed by atoms with Gasteiger partial charge in [0.25, 0.3) is 0 Å². The topological polar surface area (TPSA) is 62.2 Å². The summed E-state index contributed by atoms with van der Waals surface area (Å²) in [6, 6.07) is 3.86. The maximum absolute atomic E-state index is 10.1. The SMILES string of the molecule is Cc1ccnc(CN/C=C/C(=O)O)c1. The Labute approximate surface area is 82.3 Å². The number of aryl methyl sites for hydroxylation is 1. The first-order chi connectivity index (χ1) is 6.68. The third-order valence-electron chi connectivity index (χ3n) is 1.60. The van der Waals surface area contributed by atoms with Crippen molar-refractivity contribution < 1.29 is 9.90 Å². The molecule has 0 aliphatic heterocycles. The number of carboxylic acids is 1. The second kappa shape index (κ2) is 5.01. The molecule has 0 fully saturated rings. The highest BCUT2D eigenvalue weighted by molar-refractivity contribution is 5.79. The molecule has 1 aromatic heterocycles. The summed E-state index contributed by atoms with van der Waals surface area (Å²) in [6.07, 6.45) is 4.18. The van der Waals surface area contributed by atoms with Crippen LogP contribution in [0.2, 0.25) is 0 Å². The van der Waals surface area contributed by atoms with Crippen molar-refractivity contribution in [3.05, 3.63) is 41.9 Å². The highest BCUT2D eigenvalue weighted by Crippen LogP contribution is 1.98. The molecule has 0 unspecified atom stereocenters. The van der Waals surface area contributed by atoms with Gasteiger partial charge in [0.05, 0.1) is 12.2 Å². The number of aliphatic carboxylic acids is 1. The van der Waals surface area contributed by atoms with Crippen LogP contribution in [0, 0.1) is 6.92 Å². The van der Waals surface area contributed by atoms with Gasteiger partial charge in [0.1, 0.15) is 0 Å². The molecule has 0 amide bonds. The van der Waals surface area contributed by atoms with Crippen molar-refractivity contribution in [3.8, 4) is 0 Å². The Hall–Kier alpha value is -1.84. The molecule has 14 heavy (non-hydrogen) atoms. The van der Waals surface area contributed by atoms with E-state index in [0.717, 1.165) is 17.3 Å². The van der Waals surface area contributed by atoms with Gasteiger partial charge in [-0.05, 0) is 24.6 Å². The number of hydrogen-bond acceptors (Lipinski definition) is 3. The summed E-state index contributed by atoms with van der Waals surface area (Å²) in [6.45, 7) is 2.52. The number of rotatable bonds is 4. The summed E-state index contributed by atoms with van der Waals surface area (Å²) < 4.78 is 0. The minimum atomic E-state index is -0.963. The lowest BCUT2D eigenvalue weighted by Gasteiger charge is -2.00. The summed E-state index contributed by atoms with van der Waals surface area (Å²) in [4.78, 5) is 14.2. The fraction of sp³-hybridized carbons (Fsp3) is 0.200. The fourth-order valence-electron chi connectivity index (χ4n) is 0.989. The quantitative estimate of drug-likeness (QED) is 0.701. The molecule has 0 saturated heterocycles. The number of hydrogen-bond donors (Lipinski definition) is 2. The number of carboxylic acid groups (broad SMARTS) is 1. The van der Waals surface area contributed by atoms with Crippen LogP contribution in [0.1, 0.15) is 11.3 Å². The summed E-state index contributed by atoms with van der Waals surface area (Å²) in [5.74, 6) is -0.963. The Bertz CT molecular complexity index is 348. The van der Waals surface area contributed by atoms with E-state index >= 15 is 0 Å². The Morgan fingerprint density at radius 2 is 2.50 bits per heavy atom. The average Bonchev–Trinajstić information content (AvgIpc) is 2.12. The van der Waals surface area contributed by atoms with Gasteiger partial charge in [-0.25, -0.2) is 4.79 Å². The first-order valence-electron chi connectivity index (χ1n) is 4.23. The highest BCUT2D eigenvalue weighted by Gasteiger charge is 1.92. The van der Waals surface area contributed by atoms with Crippen molar-refractivity contribution in [3.63, 3.8) is 0 Å². The van der Waals surface area contributed by atoms with E-state index in [1.807, 2.05) is 19.1 Å². The van der Waals surface area contributed by atoms with Crippen LogP contribution in [0.3, 0.4) is 0 Å². The Balaban J connectivity index is 2.42. The molecule has 0 aliphatic rings. The zero-order valence-electron chi connectivity index (χ0n) is 7.90. The van der Waals surface area contributed by atoms with Crippen LogP contribution >= 0.6 is 0 Å². The lowest BCUT2D eigenvalue weighted by atomic mass is 10.2. The molecule has 0 bridgehead atoms. The number of nitrogens with zero attached hydrogens (tertiary/aromatic N) is 1. The van der Waals surface area contributed by atoms with Crippen molar-refractivity contribution in [2.24, 2.45) is 0 Å². The zero-order valence-corrected chi connectivity index (χ0v) is 7.90. The van der Waals surface area contributed by atoms with Crippen LogP contribution in [0.25, 0.3) is 0 Å². The molecule has 0 spiro atoms. The van der Waals surface area contributed by atoms with Gasteiger partial charge in [-0.2, -0.15) is 0 Å². The summed E-state index contributed by atoms with van der Waals surface area (Å²) in [7, 11) is 0. The van der Waals surface area contributed by atoms with Gasteiger partial charge in [0, 0.05) is 18.5 Å². The van der Waals surface area contributed by atoms with Crippen molar-refractivity contribution in [1.29, 1.82) is 0 Å². The van der Waals surface area contributed by atoms with E-state index in [-0.39, 0.29) is 0 Å². The molecule has 74 valence electrons. The molecule has 0 aromatic carbocycles. The highest BCUT2D eigenvalue weighted by atomic mass is 16.4. The van der Waals surface area contributed by atoms with Crippen LogP contribution in [-0.2, 0) is 11.3 Å². The molecule has 4 heteroatoms. The van der Waals surface area contributed by atoms with Crippen LogP contribution in [0.4, 0.5) is 0 Å². The molecule has 0 radical (unpaired) electrons. The van der Waals surface area contributed by atoms with Gasteiger partial charge in [-0.1, -0.05) is 0 Å². The van der Waals surface area contributed by atoms with E-state index < -0.39 is 5.97 Å². The standard InChI is InChI=1S/C10H12N2O2/c1-8-2-5-12-9(6-8)7-11-4-3-10(13)14/h2-6,11H,7H2,1H3,(H,13,14)/b4-3+. The van der Waals surface area contributed by atoms with E-state index in [1.54, 1.807) is 6.20 Å². The molecule has 1 rings (SSSR count). The molecular weight excluding hydrogens is 180 g/mol. The lowest BCUT2D eigenvalue weighted by molar-refractivity contribution is -0.131. The van der Waals surface area contributed by atoms with E-state index in [0.29, 0.717) is 6.54 Å². The molecular formula is C10H12N2O2. The van der Waals surface area contributed by atoms with Gasteiger partial charge in [-0.3, -0.25) is 4.98 Å². The van der Waals surface area contributed by atoms with Gasteiger partial charge in [-0.15, -0.1) is 0 Å².